The number of hydrogen-bond acceptors (Lipinski definition) is 3. The van der Waals surface area contributed by atoms with Crippen molar-refractivity contribution in [1.29, 1.82) is 0 Å². The number of nitrogens with one attached hydrogen (secondary N) is 2. The van der Waals surface area contributed by atoms with Gasteiger partial charge in [-0.05, 0) is 36.8 Å². The lowest BCUT2D eigenvalue weighted by Crippen LogP contribution is -2.42. The van der Waals surface area contributed by atoms with Gasteiger partial charge in [-0.3, -0.25) is 9.59 Å². The number of halogens is 1. The molecular formula is C28H23FN4O3. The number of carbonyl (C=O) groups is 3. The number of imide groups is 1. The Bertz CT molecular complexity index is 1540. The number of amides is 4. The van der Waals surface area contributed by atoms with Crippen molar-refractivity contribution in [3.8, 4) is 0 Å². The number of aromatic nitrogens is 1. The zero-order chi connectivity index (χ0) is 25.0. The molecule has 180 valence electrons. The predicted octanol–water partition coefficient (Wildman–Crippen LogP) is 4.69. The Morgan fingerprint density at radius 2 is 1.75 bits per heavy atom. The van der Waals surface area contributed by atoms with Gasteiger partial charge in [0.25, 0.3) is 11.8 Å². The Hall–Kier alpha value is -4.46. The first kappa shape index (κ1) is 22.0. The number of H-pyrrole nitrogens is 1. The molecule has 0 saturated carbocycles. The van der Waals surface area contributed by atoms with Crippen molar-refractivity contribution in [3.05, 3.63) is 101 Å². The Morgan fingerprint density at radius 1 is 1.03 bits per heavy atom. The number of nitrogens with zero attached hydrogens (tertiary/aromatic N) is 2. The Kier molecular flexibility index (Phi) is 5.10. The molecule has 8 heteroatoms. The van der Waals surface area contributed by atoms with Gasteiger partial charge in [0.05, 0.1) is 17.3 Å². The molecule has 4 aromatic rings. The summed E-state index contributed by atoms with van der Waals surface area (Å²) < 4.78 is 14.0. The van der Waals surface area contributed by atoms with Crippen LogP contribution in [0.1, 0.15) is 40.1 Å². The SMILES string of the molecule is CC1c2[nH]c3ccccc3c2CC2C(=O)N(c3ccccc3C(=O)NCc3ccccc3F)C(=O)N21. The van der Waals surface area contributed by atoms with E-state index in [0.717, 1.165) is 27.1 Å². The molecule has 4 amide bonds. The van der Waals surface area contributed by atoms with Gasteiger partial charge in [0.15, 0.2) is 0 Å². The van der Waals surface area contributed by atoms with E-state index < -0.39 is 23.8 Å². The van der Waals surface area contributed by atoms with E-state index in [0.29, 0.717) is 12.0 Å². The average molecular weight is 483 g/mol. The number of fused-ring (bicyclic) bond motifs is 4. The molecule has 2 aliphatic heterocycles. The van der Waals surface area contributed by atoms with Crippen LogP contribution in [-0.2, 0) is 17.8 Å². The van der Waals surface area contributed by atoms with E-state index in [2.05, 4.69) is 10.3 Å². The molecule has 3 heterocycles. The van der Waals surface area contributed by atoms with Gasteiger partial charge in [-0.2, -0.15) is 0 Å². The van der Waals surface area contributed by atoms with Gasteiger partial charge < -0.3 is 15.2 Å². The van der Waals surface area contributed by atoms with Crippen LogP contribution >= 0.6 is 0 Å². The predicted molar refractivity (Wildman–Crippen MR) is 133 cm³/mol. The second kappa shape index (κ2) is 8.34. The molecule has 0 spiro atoms. The number of urea groups is 1. The maximum absolute atomic E-state index is 14.0. The van der Waals surface area contributed by atoms with Gasteiger partial charge in [0.1, 0.15) is 11.9 Å². The molecule has 2 aliphatic rings. The fourth-order valence-corrected chi connectivity index (χ4v) is 5.36. The quantitative estimate of drug-likeness (QED) is 0.414. The van der Waals surface area contributed by atoms with Crippen LogP contribution in [0, 0.1) is 5.82 Å². The minimum atomic E-state index is -0.659. The molecule has 36 heavy (non-hydrogen) atoms. The zero-order valence-corrected chi connectivity index (χ0v) is 19.5. The third-order valence-corrected chi connectivity index (χ3v) is 7.12. The summed E-state index contributed by atoms with van der Waals surface area (Å²) in [5.74, 6) is -1.28. The highest BCUT2D eigenvalue weighted by Gasteiger charge is 2.52. The van der Waals surface area contributed by atoms with Crippen LogP contribution in [0.5, 0.6) is 0 Å². The maximum Gasteiger partial charge on any atom is 0.332 e. The summed E-state index contributed by atoms with van der Waals surface area (Å²) in [7, 11) is 0. The summed E-state index contributed by atoms with van der Waals surface area (Å²) in [5.41, 5.74) is 3.67. The minimum absolute atomic E-state index is 0.0186. The first-order valence-electron chi connectivity index (χ1n) is 11.8. The highest BCUT2D eigenvalue weighted by molar-refractivity contribution is 6.24. The third-order valence-electron chi connectivity index (χ3n) is 7.12. The van der Waals surface area contributed by atoms with Crippen LogP contribution in [0.2, 0.25) is 0 Å². The van der Waals surface area contributed by atoms with E-state index in [1.807, 2.05) is 31.2 Å². The number of anilines is 1. The van der Waals surface area contributed by atoms with Crippen molar-refractivity contribution in [3.63, 3.8) is 0 Å². The van der Waals surface area contributed by atoms with Crippen molar-refractivity contribution in [2.24, 2.45) is 0 Å². The van der Waals surface area contributed by atoms with Crippen LogP contribution in [0.25, 0.3) is 10.9 Å². The molecule has 3 aromatic carbocycles. The third kappa shape index (κ3) is 3.29. The number of carbonyl (C=O) groups excluding carboxylic acids is 3. The van der Waals surface area contributed by atoms with E-state index >= 15 is 0 Å². The van der Waals surface area contributed by atoms with Crippen molar-refractivity contribution in [1.82, 2.24) is 15.2 Å². The normalized spacial score (nSPS) is 18.9. The molecule has 2 atom stereocenters. The summed E-state index contributed by atoms with van der Waals surface area (Å²) in [4.78, 5) is 46.4. The van der Waals surface area contributed by atoms with Gasteiger partial charge in [0, 0.05) is 35.1 Å². The van der Waals surface area contributed by atoms with Crippen LogP contribution in [0.4, 0.5) is 14.9 Å². The molecule has 0 aliphatic carbocycles. The fraction of sp³-hybridized carbons (Fsp3) is 0.179. The van der Waals surface area contributed by atoms with Crippen LogP contribution in [0.15, 0.2) is 72.8 Å². The number of hydrogen-bond donors (Lipinski definition) is 2. The molecule has 1 aromatic heterocycles. The topological polar surface area (TPSA) is 85.5 Å². The maximum atomic E-state index is 14.0. The summed E-state index contributed by atoms with van der Waals surface area (Å²) in [5, 5.41) is 3.75. The number of para-hydroxylation sites is 2. The lowest BCUT2D eigenvalue weighted by Gasteiger charge is -2.33. The Morgan fingerprint density at radius 3 is 2.58 bits per heavy atom. The number of aromatic amines is 1. The van der Waals surface area contributed by atoms with Crippen molar-refractivity contribution in [2.75, 3.05) is 4.90 Å². The molecule has 2 unspecified atom stereocenters. The Labute approximate surface area is 206 Å². The number of benzene rings is 3. The van der Waals surface area contributed by atoms with Crippen LogP contribution in [-0.4, -0.2) is 33.8 Å². The standard InChI is InChI=1S/C28H23FN4O3/c1-16-25-20(18-9-3-6-12-22(18)31-25)14-24-27(35)33(28(36)32(16)24)23-13-7-4-10-19(23)26(34)30-15-17-8-2-5-11-21(17)29/h2-13,16,24,31H,14-15H2,1H3,(H,30,34). The highest BCUT2D eigenvalue weighted by atomic mass is 19.1. The molecule has 2 N–H and O–H groups in total. The largest absolute Gasteiger partial charge is 0.356 e. The van der Waals surface area contributed by atoms with Gasteiger partial charge in [-0.25, -0.2) is 14.1 Å². The first-order valence-corrected chi connectivity index (χ1v) is 11.8. The fourth-order valence-electron chi connectivity index (χ4n) is 5.36. The number of rotatable bonds is 4. The molecule has 0 radical (unpaired) electrons. The first-order chi connectivity index (χ1) is 17.5. The van der Waals surface area contributed by atoms with E-state index in [1.165, 1.54) is 6.07 Å². The Balaban J connectivity index is 1.31. The lowest BCUT2D eigenvalue weighted by molar-refractivity contribution is -0.120. The van der Waals surface area contributed by atoms with Gasteiger partial charge in [0.2, 0.25) is 0 Å². The van der Waals surface area contributed by atoms with Crippen molar-refractivity contribution < 1.29 is 18.8 Å². The van der Waals surface area contributed by atoms with Gasteiger partial charge >= 0.3 is 6.03 Å². The smallest absolute Gasteiger partial charge is 0.332 e. The van der Waals surface area contributed by atoms with Gasteiger partial charge in [-0.15, -0.1) is 0 Å². The molecule has 6 rings (SSSR count). The minimum Gasteiger partial charge on any atom is -0.356 e. The molecular weight excluding hydrogens is 459 g/mol. The second-order valence-electron chi connectivity index (χ2n) is 9.11. The van der Waals surface area contributed by atoms with Crippen LogP contribution in [0.3, 0.4) is 0 Å². The summed E-state index contributed by atoms with van der Waals surface area (Å²) in [6.07, 6.45) is 0.395. The van der Waals surface area contributed by atoms with E-state index in [4.69, 9.17) is 0 Å². The lowest BCUT2D eigenvalue weighted by atomic mass is 9.93. The summed E-state index contributed by atoms with van der Waals surface area (Å²) in [6.45, 7) is 1.89. The summed E-state index contributed by atoms with van der Waals surface area (Å²) in [6, 6.07) is 19.1. The zero-order valence-electron chi connectivity index (χ0n) is 19.5. The second-order valence-corrected chi connectivity index (χ2v) is 9.11. The summed E-state index contributed by atoms with van der Waals surface area (Å²) >= 11 is 0. The van der Waals surface area contributed by atoms with Gasteiger partial charge in [-0.1, -0.05) is 48.5 Å². The molecule has 1 fully saturated rings. The molecule has 7 nitrogen and oxygen atoms in total. The monoisotopic (exact) mass is 482 g/mol. The van der Waals surface area contributed by atoms with E-state index in [1.54, 1.807) is 47.4 Å². The molecule has 1 saturated heterocycles. The van der Waals surface area contributed by atoms with Crippen LogP contribution < -0.4 is 10.2 Å². The van der Waals surface area contributed by atoms with E-state index in [-0.39, 0.29) is 29.7 Å². The van der Waals surface area contributed by atoms with E-state index in [9.17, 15) is 18.8 Å². The van der Waals surface area contributed by atoms with Crippen molar-refractivity contribution >= 4 is 34.4 Å². The van der Waals surface area contributed by atoms with Crippen molar-refractivity contribution in [2.45, 2.75) is 32.0 Å². The average Bonchev–Trinajstić information content (AvgIpc) is 3.39. The molecule has 0 bridgehead atoms. The highest BCUT2D eigenvalue weighted by Crippen LogP contribution is 2.42.